The molecule has 0 saturated heterocycles. The average Bonchev–Trinajstić information content (AvgIpc) is 2.98. The maximum absolute atomic E-state index is 11.7. The quantitative estimate of drug-likeness (QED) is 0.707. The molecule has 2 N–H and O–H groups in total. The lowest BCUT2D eigenvalue weighted by Crippen LogP contribution is -2.36. The zero-order chi connectivity index (χ0) is 16.5. The second-order valence-electron chi connectivity index (χ2n) is 4.70. The summed E-state index contributed by atoms with van der Waals surface area (Å²) in [5.74, 6) is 3.17. The van der Waals surface area contributed by atoms with Gasteiger partial charge in [-0.15, -0.1) is 17.8 Å². The molecule has 0 atom stereocenters. The number of hydrogen-bond acceptors (Lipinski definition) is 3. The van der Waals surface area contributed by atoms with Crippen molar-refractivity contribution in [3.63, 3.8) is 0 Å². The summed E-state index contributed by atoms with van der Waals surface area (Å²) in [5.41, 5.74) is 1.13. The molecule has 1 aromatic heterocycles. The Morgan fingerprint density at radius 3 is 2.65 bits per heavy atom. The van der Waals surface area contributed by atoms with E-state index in [0.717, 1.165) is 26.4 Å². The number of thiophene rings is 1. The SMILES string of the molecule is C#CCOc1ccc(CCNC(=O)NCc2ccc(Br)s2)cc1. The number of halogens is 1. The number of benzene rings is 1. The first-order chi connectivity index (χ1) is 11.2. The number of carbonyl (C=O) groups is 1. The lowest BCUT2D eigenvalue weighted by molar-refractivity contribution is 0.240. The van der Waals surface area contributed by atoms with Crippen molar-refractivity contribution < 1.29 is 9.53 Å². The van der Waals surface area contributed by atoms with Crippen molar-refractivity contribution in [2.75, 3.05) is 13.2 Å². The molecule has 2 amide bonds. The fraction of sp³-hybridized carbons (Fsp3) is 0.235. The predicted octanol–water partition coefficient (Wildman–Crippen LogP) is 3.56. The molecular weight excluding hydrogens is 376 g/mol. The summed E-state index contributed by atoms with van der Waals surface area (Å²) in [4.78, 5) is 12.8. The highest BCUT2D eigenvalue weighted by Gasteiger charge is 2.02. The minimum absolute atomic E-state index is 0.163. The van der Waals surface area contributed by atoms with Gasteiger partial charge in [0.2, 0.25) is 0 Å². The van der Waals surface area contributed by atoms with Gasteiger partial charge >= 0.3 is 6.03 Å². The van der Waals surface area contributed by atoms with Crippen LogP contribution in [0.25, 0.3) is 0 Å². The Hall–Kier alpha value is -1.97. The van der Waals surface area contributed by atoms with Crippen molar-refractivity contribution in [1.29, 1.82) is 0 Å². The third-order valence-electron chi connectivity index (χ3n) is 3.00. The van der Waals surface area contributed by atoms with Crippen LogP contribution in [0.1, 0.15) is 10.4 Å². The van der Waals surface area contributed by atoms with Crippen LogP contribution in [0.3, 0.4) is 0 Å². The lowest BCUT2D eigenvalue weighted by atomic mass is 10.1. The minimum Gasteiger partial charge on any atom is -0.481 e. The smallest absolute Gasteiger partial charge is 0.315 e. The summed E-state index contributed by atoms with van der Waals surface area (Å²) < 4.78 is 6.37. The van der Waals surface area contributed by atoms with Crippen LogP contribution in [0, 0.1) is 12.3 Å². The van der Waals surface area contributed by atoms with Crippen LogP contribution in [0.15, 0.2) is 40.2 Å². The molecule has 6 heteroatoms. The second kappa shape index (κ2) is 9.23. The van der Waals surface area contributed by atoms with Gasteiger partial charge in [0, 0.05) is 11.4 Å². The molecule has 0 radical (unpaired) electrons. The number of hydrogen-bond donors (Lipinski definition) is 2. The Morgan fingerprint density at radius 1 is 1.22 bits per heavy atom. The first kappa shape index (κ1) is 17.4. The maximum atomic E-state index is 11.7. The van der Waals surface area contributed by atoms with Gasteiger partial charge < -0.3 is 15.4 Å². The molecular formula is C17H17BrN2O2S. The van der Waals surface area contributed by atoms with Crippen LogP contribution in [-0.2, 0) is 13.0 Å². The summed E-state index contributed by atoms with van der Waals surface area (Å²) in [5, 5.41) is 5.67. The summed E-state index contributed by atoms with van der Waals surface area (Å²) in [6, 6.07) is 11.5. The van der Waals surface area contributed by atoms with Crippen LogP contribution in [-0.4, -0.2) is 19.2 Å². The largest absolute Gasteiger partial charge is 0.481 e. The van der Waals surface area contributed by atoms with Gasteiger partial charge in [-0.1, -0.05) is 18.1 Å². The second-order valence-corrected chi connectivity index (χ2v) is 7.25. The summed E-state index contributed by atoms with van der Waals surface area (Å²) >= 11 is 5.00. The van der Waals surface area contributed by atoms with Crippen molar-refractivity contribution in [1.82, 2.24) is 10.6 Å². The van der Waals surface area contributed by atoms with Gasteiger partial charge in [0.05, 0.1) is 10.3 Å². The number of nitrogens with one attached hydrogen (secondary N) is 2. The van der Waals surface area contributed by atoms with Crippen molar-refractivity contribution in [3.05, 3.63) is 50.6 Å². The van der Waals surface area contributed by atoms with Crippen molar-refractivity contribution in [3.8, 4) is 18.1 Å². The molecule has 0 aliphatic carbocycles. The molecule has 1 heterocycles. The molecule has 0 fully saturated rings. The molecule has 2 rings (SSSR count). The van der Waals surface area contributed by atoms with Crippen LogP contribution in [0.4, 0.5) is 4.79 Å². The first-order valence-electron chi connectivity index (χ1n) is 7.08. The Morgan fingerprint density at radius 2 is 2.00 bits per heavy atom. The van der Waals surface area contributed by atoms with Crippen molar-refractivity contribution in [2.24, 2.45) is 0 Å². The minimum atomic E-state index is -0.163. The third kappa shape index (κ3) is 6.35. The number of terminal acetylenes is 1. The van der Waals surface area contributed by atoms with Crippen LogP contribution < -0.4 is 15.4 Å². The number of ether oxygens (including phenoxy) is 1. The highest BCUT2D eigenvalue weighted by atomic mass is 79.9. The van der Waals surface area contributed by atoms with Gasteiger partial charge in [-0.2, -0.15) is 0 Å². The number of rotatable bonds is 7. The number of urea groups is 1. The number of carbonyl (C=O) groups excluding carboxylic acids is 1. The average molecular weight is 393 g/mol. The Balaban J connectivity index is 1.66. The van der Waals surface area contributed by atoms with Crippen LogP contribution in [0.5, 0.6) is 5.75 Å². The van der Waals surface area contributed by atoms with Crippen molar-refractivity contribution in [2.45, 2.75) is 13.0 Å². The summed E-state index contributed by atoms with van der Waals surface area (Å²) in [7, 11) is 0. The third-order valence-corrected chi connectivity index (χ3v) is 4.62. The van der Waals surface area contributed by atoms with Gasteiger partial charge in [0.25, 0.3) is 0 Å². The van der Waals surface area contributed by atoms with E-state index in [0.29, 0.717) is 13.1 Å². The lowest BCUT2D eigenvalue weighted by Gasteiger charge is -2.07. The Labute approximate surface area is 148 Å². The molecule has 120 valence electrons. The summed E-state index contributed by atoms with van der Waals surface area (Å²) in [6.07, 6.45) is 5.90. The van der Waals surface area contributed by atoms with E-state index in [-0.39, 0.29) is 12.6 Å². The van der Waals surface area contributed by atoms with Crippen LogP contribution >= 0.6 is 27.3 Å². The van der Waals surface area contributed by atoms with E-state index in [2.05, 4.69) is 32.5 Å². The highest BCUT2D eigenvalue weighted by Crippen LogP contribution is 2.21. The maximum Gasteiger partial charge on any atom is 0.315 e. The van der Waals surface area contributed by atoms with E-state index in [1.54, 1.807) is 11.3 Å². The summed E-state index contributed by atoms with van der Waals surface area (Å²) in [6.45, 7) is 1.37. The van der Waals surface area contributed by atoms with E-state index >= 15 is 0 Å². The Kier molecular flexibility index (Phi) is 6.98. The molecule has 0 saturated carbocycles. The van der Waals surface area contributed by atoms with Gasteiger partial charge in [0.1, 0.15) is 12.4 Å². The number of amides is 2. The highest BCUT2D eigenvalue weighted by molar-refractivity contribution is 9.11. The van der Waals surface area contributed by atoms with Gasteiger partial charge in [0.15, 0.2) is 0 Å². The first-order valence-corrected chi connectivity index (χ1v) is 8.69. The van der Waals surface area contributed by atoms with Crippen molar-refractivity contribution >= 4 is 33.3 Å². The normalized spacial score (nSPS) is 9.91. The molecule has 0 unspecified atom stereocenters. The van der Waals surface area contributed by atoms with Crippen LogP contribution in [0.2, 0.25) is 0 Å². The standard InChI is InChI=1S/C17H17BrN2O2S/c1-2-11-22-14-5-3-13(4-6-14)9-10-19-17(21)20-12-15-7-8-16(18)23-15/h1,3-8H,9-12H2,(H2,19,20,21). The monoisotopic (exact) mass is 392 g/mol. The van der Waals surface area contributed by atoms with E-state index in [4.69, 9.17) is 11.2 Å². The zero-order valence-corrected chi connectivity index (χ0v) is 14.9. The van der Waals surface area contributed by atoms with Gasteiger partial charge in [-0.25, -0.2) is 4.79 Å². The predicted molar refractivity (Wildman–Crippen MR) is 96.7 cm³/mol. The molecule has 0 spiro atoms. The van der Waals surface area contributed by atoms with E-state index in [9.17, 15) is 4.79 Å². The molecule has 4 nitrogen and oxygen atoms in total. The molecule has 0 bridgehead atoms. The fourth-order valence-corrected chi connectivity index (χ4v) is 3.30. The molecule has 0 aliphatic heterocycles. The Bertz CT molecular complexity index is 677. The van der Waals surface area contributed by atoms with E-state index in [1.165, 1.54) is 0 Å². The topological polar surface area (TPSA) is 50.4 Å². The molecule has 2 aromatic rings. The van der Waals surface area contributed by atoms with Gasteiger partial charge in [-0.05, 0) is 52.2 Å². The molecule has 23 heavy (non-hydrogen) atoms. The van der Waals surface area contributed by atoms with Gasteiger partial charge in [-0.3, -0.25) is 0 Å². The molecule has 0 aliphatic rings. The fourth-order valence-electron chi connectivity index (χ4n) is 1.87. The zero-order valence-electron chi connectivity index (χ0n) is 12.5. The van der Waals surface area contributed by atoms with E-state index in [1.807, 2.05) is 36.4 Å². The van der Waals surface area contributed by atoms with E-state index < -0.39 is 0 Å². The molecule has 1 aromatic carbocycles.